The van der Waals surface area contributed by atoms with Crippen molar-refractivity contribution in [2.75, 3.05) is 105 Å². The number of cyclic esters (lactones) is 4. The van der Waals surface area contributed by atoms with Crippen molar-refractivity contribution in [1.82, 2.24) is 19.6 Å². The Balaban J connectivity index is 0.000000197. The Kier molecular flexibility index (Phi) is 44.1. The van der Waals surface area contributed by atoms with Gasteiger partial charge in [0, 0.05) is 93.1 Å². The zero-order valence-electron chi connectivity index (χ0n) is 76.9. The van der Waals surface area contributed by atoms with Crippen molar-refractivity contribution in [3.05, 3.63) is 280 Å². The van der Waals surface area contributed by atoms with E-state index in [9.17, 15) is 38.4 Å². The Labute approximate surface area is 786 Å². The van der Waals surface area contributed by atoms with Gasteiger partial charge in [0.25, 0.3) is 23.6 Å². The number of amides is 4. The fraction of sp³-hybridized carbons (Fsp3) is 0.423. The highest BCUT2D eigenvalue weighted by Gasteiger charge is 2.28. The molecule has 0 saturated heterocycles. The topological polar surface area (TPSA) is 273 Å². The monoisotopic (exact) mass is 1850 g/mol. The minimum atomic E-state index is -0.396. The van der Waals surface area contributed by atoms with Gasteiger partial charge in [-0.1, -0.05) is 213 Å². The maximum Gasteiger partial charge on any atom is 0.338 e. The van der Waals surface area contributed by atoms with E-state index in [0.29, 0.717) is 207 Å². The molecule has 4 amide bonds. The molecule has 0 N–H and O–H groups in total. The van der Waals surface area contributed by atoms with Gasteiger partial charge in [0.15, 0.2) is 26.4 Å². The summed E-state index contributed by atoms with van der Waals surface area (Å²) in [7, 11) is 0. The van der Waals surface area contributed by atoms with Gasteiger partial charge in [-0.15, -0.1) is 0 Å². The van der Waals surface area contributed by atoms with Gasteiger partial charge in [-0.25, -0.2) is 19.2 Å². The lowest BCUT2D eigenvalue weighted by Gasteiger charge is -2.22. The second-order valence-electron chi connectivity index (χ2n) is 32.7. The number of carbonyl (C=O) groups excluding carboxylic acids is 8. The van der Waals surface area contributed by atoms with Gasteiger partial charge in [-0.2, -0.15) is 0 Å². The van der Waals surface area contributed by atoms with Crippen LogP contribution in [0.4, 0.5) is 0 Å². The molecule has 8 aliphatic heterocycles. The molecule has 0 atom stereocenters. The van der Waals surface area contributed by atoms with Crippen molar-refractivity contribution in [1.29, 1.82) is 0 Å². The maximum atomic E-state index is 12.9. The number of carbonyl (C=O) groups is 8. The van der Waals surface area contributed by atoms with E-state index in [4.69, 9.17) is 73.1 Å². The normalized spacial score (nSPS) is 20.6. The SMILES string of the molecule is Cc1cc(C)c2c(c1)CC(=N\OCC(=O)N1CC=CCC1)/C=C/CC/C=C/CCOC2=O.Cc1cc(C)c2c(c1Cl)CC(=N/OCC(=O)N1CC=CCC1)/C=C/CC/C=C/CCOC2=O.Cc1cc(C)c2c(c1Cl)CC(=N/OCC(=O)N1CC=CCC1)/C=C/CC/C=C/CCOC2=O.Cc1cc(C)c2c(c1Cl)CC(=N\OCC(=O)N1CC=CCC1)/C=C/CC/C=C/CCOC2=O. The molecule has 0 aliphatic carbocycles. The molecule has 0 unspecified atom stereocenters. The maximum absolute atomic E-state index is 12.9. The zero-order chi connectivity index (χ0) is 93.7. The Morgan fingerprint density at radius 2 is 0.527 bits per heavy atom. The van der Waals surface area contributed by atoms with Crippen LogP contribution in [0.1, 0.15) is 211 Å². The first-order valence-corrected chi connectivity index (χ1v) is 46.5. The number of hydrogen-bond donors (Lipinski definition) is 0. The van der Waals surface area contributed by atoms with Crippen LogP contribution in [0.2, 0.25) is 15.1 Å². The van der Waals surface area contributed by atoms with Crippen molar-refractivity contribution < 1.29 is 76.7 Å². The standard InChI is InChI=1S/3C26H31ClN2O4.C26H32N2O4/c3*1-19-16-20(2)25(27)22-17-21(28-33-18-23(30)29-13-9-7-10-14-29)12-8-5-3-4-6-11-15-32-26(31)24(19)22;1-20-16-21(2)25-22(17-20)18-23(12-8-5-3-4-6-11-15-31-26(25)30)27-32-19-24(29)28-13-9-7-10-14-28/h3*4,6-9,12,16H,3,5,10-11,13-15,17-18H2,1-2H3;4,6-9,12,16-17H,3,5,10-11,13-15,18-19H2,1-2H3/b2*6-4+,12-8+,28-21+;6-4+,12-8+,28-21-;6-4+,12-8+,27-23-. The largest absolute Gasteiger partial charge is 0.462 e. The molecule has 131 heavy (non-hydrogen) atoms. The number of fused-ring (bicyclic) bond motifs is 4. The highest BCUT2D eigenvalue weighted by Crippen LogP contribution is 2.34. The molecule has 0 aromatic heterocycles. The fourth-order valence-corrected chi connectivity index (χ4v) is 16.1. The number of oxime groups is 4. The molecule has 0 radical (unpaired) electrons. The van der Waals surface area contributed by atoms with Crippen LogP contribution in [0.3, 0.4) is 0 Å². The summed E-state index contributed by atoms with van der Waals surface area (Å²) in [6, 6.07) is 9.64. The third-order valence-corrected chi connectivity index (χ3v) is 23.7. The van der Waals surface area contributed by atoms with E-state index in [1.807, 2.05) is 177 Å². The first-order valence-electron chi connectivity index (χ1n) is 45.3. The van der Waals surface area contributed by atoms with Crippen LogP contribution in [0, 0.1) is 55.4 Å². The van der Waals surface area contributed by atoms with Gasteiger partial charge in [-0.05, 0) is 244 Å². The van der Waals surface area contributed by atoms with Crippen LogP contribution >= 0.6 is 34.8 Å². The molecule has 0 bridgehead atoms. The number of allylic oxidation sites excluding steroid dienone is 12. The van der Waals surface area contributed by atoms with Crippen molar-refractivity contribution in [2.45, 2.75) is 184 Å². The average molecular weight is 1850 g/mol. The van der Waals surface area contributed by atoms with E-state index in [1.54, 1.807) is 19.6 Å². The first-order chi connectivity index (χ1) is 63.4. The second kappa shape index (κ2) is 56.1. The lowest BCUT2D eigenvalue weighted by Crippen LogP contribution is -2.36. The van der Waals surface area contributed by atoms with E-state index in [-0.39, 0.29) is 56.0 Å². The summed E-state index contributed by atoms with van der Waals surface area (Å²) in [4.78, 5) is 130. The van der Waals surface area contributed by atoms with Crippen molar-refractivity contribution in [3.63, 3.8) is 0 Å². The molecule has 4 aromatic rings. The minimum Gasteiger partial charge on any atom is -0.462 e. The van der Waals surface area contributed by atoms with Gasteiger partial charge >= 0.3 is 23.9 Å². The number of hydrogen-bond acceptors (Lipinski definition) is 20. The van der Waals surface area contributed by atoms with Crippen molar-refractivity contribution >= 4 is 105 Å². The summed E-state index contributed by atoms with van der Waals surface area (Å²) in [6.07, 6.45) is 62.5. The van der Waals surface area contributed by atoms with Crippen LogP contribution in [-0.2, 0) is 83.2 Å². The predicted molar refractivity (Wildman–Crippen MR) is 518 cm³/mol. The smallest absolute Gasteiger partial charge is 0.338 e. The third-order valence-electron chi connectivity index (χ3n) is 22.1. The summed E-state index contributed by atoms with van der Waals surface area (Å²) in [6.45, 7) is 21.2. The number of rotatable bonds is 12. The minimum absolute atomic E-state index is 0.0793. The Bertz CT molecular complexity index is 4810. The zero-order valence-corrected chi connectivity index (χ0v) is 79.2. The second-order valence-corrected chi connectivity index (χ2v) is 33.8. The lowest BCUT2D eigenvalue weighted by atomic mass is 9.94. The number of ether oxygens (including phenoxy) is 4. The summed E-state index contributed by atoms with van der Waals surface area (Å²) in [5.74, 6) is -1.90. The molecule has 24 nitrogen and oxygen atoms in total. The highest BCUT2D eigenvalue weighted by atomic mass is 35.5. The van der Waals surface area contributed by atoms with Crippen LogP contribution < -0.4 is 0 Å². The van der Waals surface area contributed by atoms with Gasteiger partial charge in [-0.3, -0.25) is 19.2 Å². The van der Waals surface area contributed by atoms with Crippen molar-refractivity contribution in [2.24, 2.45) is 20.6 Å². The van der Waals surface area contributed by atoms with E-state index in [1.165, 1.54) is 0 Å². The molecule has 8 heterocycles. The summed E-state index contributed by atoms with van der Waals surface area (Å²) >= 11 is 19.9. The third kappa shape index (κ3) is 34.2. The van der Waals surface area contributed by atoms with Gasteiger partial charge in [0.05, 0.1) is 71.5 Å². The van der Waals surface area contributed by atoms with E-state index in [2.05, 4.69) is 75.3 Å². The van der Waals surface area contributed by atoms with Crippen LogP contribution in [0.15, 0.2) is 197 Å². The Hall–Kier alpha value is -11.7. The number of halogens is 3. The molecule has 0 spiro atoms. The lowest BCUT2D eigenvalue weighted by molar-refractivity contribution is -0.136. The van der Waals surface area contributed by atoms with Crippen LogP contribution in [0.25, 0.3) is 0 Å². The van der Waals surface area contributed by atoms with Crippen LogP contribution in [-0.4, -0.2) is 195 Å². The van der Waals surface area contributed by atoms with Crippen molar-refractivity contribution in [3.8, 4) is 0 Å². The van der Waals surface area contributed by atoms with E-state index in [0.717, 1.165) is 127 Å². The summed E-state index contributed by atoms with van der Waals surface area (Å²) in [5, 5.41) is 18.5. The van der Waals surface area contributed by atoms with Gasteiger partial charge in [0.2, 0.25) is 0 Å². The predicted octanol–water partition coefficient (Wildman–Crippen LogP) is 19.8. The average Bonchev–Trinajstić information content (AvgIpc) is 0.804. The summed E-state index contributed by atoms with van der Waals surface area (Å²) < 4.78 is 22.0. The molecule has 27 heteroatoms. The molecular formula is C104H125Cl3N8O16. The highest BCUT2D eigenvalue weighted by molar-refractivity contribution is 6.34. The molecule has 0 saturated carbocycles. The number of nitrogens with zero attached hydrogens (tertiary/aromatic N) is 8. The summed E-state index contributed by atoms with van der Waals surface area (Å²) in [5.41, 5.74) is 14.2. The van der Waals surface area contributed by atoms with Gasteiger partial charge in [0.1, 0.15) is 0 Å². The van der Waals surface area contributed by atoms with E-state index < -0.39 is 17.9 Å². The van der Waals surface area contributed by atoms with Crippen LogP contribution in [0.5, 0.6) is 0 Å². The molecular weight excluding hydrogens is 1720 g/mol. The quantitative estimate of drug-likeness (QED) is 0.0552. The molecule has 4 aromatic carbocycles. The molecule has 8 aliphatic rings. The number of benzene rings is 4. The Morgan fingerprint density at radius 3 is 0.794 bits per heavy atom. The molecule has 12 rings (SSSR count). The fourth-order valence-electron chi connectivity index (χ4n) is 15.5. The number of aryl methyl sites for hydroxylation is 8. The van der Waals surface area contributed by atoms with E-state index >= 15 is 0 Å². The number of esters is 4. The molecule has 698 valence electrons. The van der Waals surface area contributed by atoms with Gasteiger partial charge < -0.3 is 57.9 Å². The first kappa shape index (κ1) is 103. The molecule has 0 fully saturated rings. The Morgan fingerprint density at radius 1 is 0.290 bits per heavy atom.